The number of hydrogen-bond acceptors (Lipinski definition) is 6. The molecule has 7 rings (SSSR count). The molecular formula is C78H122N2O2S4. The molecule has 2 aromatic rings. The Bertz CT molecular complexity index is 3020. The molecule has 8 heteroatoms. The lowest BCUT2D eigenvalue weighted by Crippen LogP contribution is -2.30. The molecule has 0 saturated heterocycles. The van der Waals surface area contributed by atoms with E-state index in [9.17, 15) is 0 Å². The van der Waals surface area contributed by atoms with Crippen LogP contribution in [0.3, 0.4) is 0 Å². The minimum absolute atomic E-state index is 0.0260. The molecule has 2 atom stereocenters. The van der Waals surface area contributed by atoms with Crippen molar-refractivity contribution in [2.75, 3.05) is 0 Å². The van der Waals surface area contributed by atoms with Crippen LogP contribution in [0.4, 0.5) is 0 Å². The van der Waals surface area contributed by atoms with Crippen molar-refractivity contribution < 1.29 is 9.59 Å². The van der Waals surface area contributed by atoms with Gasteiger partial charge >= 0.3 is 0 Å². The van der Waals surface area contributed by atoms with Gasteiger partial charge in [0.2, 0.25) is 0 Å². The molecule has 86 heavy (non-hydrogen) atoms. The lowest BCUT2D eigenvalue weighted by atomic mass is 9.85. The van der Waals surface area contributed by atoms with Gasteiger partial charge in [-0.2, -0.15) is 0 Å². The lowest BCUT2D eigenvalue weighted by molar-refractivity contribution is -0.119. The summed E-state index contributed by atoms with van der Waals surface area (Å²) in [6.07, 6.45) is 59.6. The van der Waals surface area contributed by atoms with Crippen LogP contribution in [-0.2, 0) is 22.0 Å². The first-order chi connectivity index (χ1) is 41.6. The average Bonchev–Trinajstić information content (AvgIpc) is 1.55. The zero-order valence-electron chi connectivity index (χ0n) is 56.7. The molecule has 0 radical (unpaired) electrons. The SMILES string of the molecule is C=c1sc(C(C)(C)C)csc2c3n(cc(CC(CCCCCCCCCC)CCCCCCCCCCCC)c1=2)C(=O)C1=C2c4sc5cc(C(C)(C)C)sc5c4C(CC(CCCCCCCCCC)CCCCCCCCCCCC)=CN2C(=O)C=31. The van der Waals surface area contributed by atoms with E-state index < -0.39 is 0 Å². The molecule has 1 amide bonds. The topological polar surface area (TPSA) is 42.3 Å². The second-order valence-electron chi connectivity index (χ2n) is 29.2. The van der Waals surface area contributed by atoms with E-state index in [1.807, 2.05) is 43.5 Å². The maximum atomic E-state index is 15.9. The summed E-state index contributed by atoms with van der Waals surface area (Å²) in [6, 6.07) is 2.43. The average molecular weight is 1250 g/mol. The van der Waals surface area contributed by atoms with Crippen molar-refractivity contribution in [3.63, 3.8) is 0 Å². The molecule has 0 N–H and O–H groups in total. The third kappa shape index (κ3) is 19.9. The van der Waals surface area contributed by atoms with Gasteiger partial charge in [0.1, 0.15) is 0 Å². The van der Waals surface area contributed by atoms with Gasteiger partial charge in [0.05, 0.1) is 36.3 Å². The first-order valence-electron chi connectivity index (χ1n) is 36.3. The van der Waals surface area contributed by atoms with E-state index in [2.05, 4.69) is 93.1 Å². The maximum absolute atomic E-state index is 15.9. The Balaban J connectivity index is 1.26. The van der Waals surface area contributed by atoms with Crippen molar-refractivity contribution in [1.29, 1.82) is 0 Å². The number of nitrogens with zero attached hydrogens (tertiary/aromatic N) is 2. The van der Waals surface area contributed by atoms with Crippen LogP contribution >= 0.6 is 45.3 Å². The monoisotopic (exact) mass is 1250 g/mol. The van der Waals surface area contributed by atoms with Gasteiger partial charge in [0.25, 0.3) is 11.8 Å². The van der Waals surface area contributed by atoms with Crippen LogP contribution < -0.4 is 9.88 Å². The van der Waals surface area contributed by atoms with Crippen LogP contribution in [0.1, 0.15) is 363 Å². The lowest BCUT2D eigenvalue weighted by Gasteiger charge is -2.27. The number of aromatic nitrogens is 1. The molecule has 5 aliphatic rings. The zero-order valence-corrected chi connectivity index (χ0v) is 60.0. The molecule has 0 bridgehead atoms. The number of unbranched alkanes of at least 4 members (excludes halogenated alkanes) is 32. The molecule has 0 saturated carbocycles. The van der Waals surface area contributed by atoms with E-state index in [1.54, 1.807) is 11.3 Å². The fraction of sp³-hybridized carbons (Fsp3) is 0.718. The van der Waals surface area contributed by atoms with Gasteiger partial charge in [0, 0.05) is 47.5 Å². The normalized spacial score (nSPS) is 14.9. The van der Waals surface area contributed by atoms with Crippen LogP contribution in [0.15, 0.2) is 29.4 Å². The third-order valence-electron chi connectivity index (χ3n) is 19.5. The van der Waals surface area contributed by atoms with Crippen molar-refractivity contribution in [1.82, 2.24) is 9.47 Å². The fourth-order valence-electron chi connectivity index (χ4n) is 14.1. The van der Waals surface area contributed by atoms with E-state index in [1.165, 1.54) is 298 Å². The first kappa shape index (κ1) is 70.7. The number of rotatable bonds is 44. The van der Waals surface area contributed by atoms with Crippen LogP contribution in [0.5, 0.6) is 0 Å². The minimum atomic E-state index is -0.0796. The Morgan fingerprint density at radius 2 is 0.907 bits per heavy atom. The predicted octanol–water partition coefficient (Wildman–Crippen LogP) is 25.0. The van der Waals surface area contributed by atoms with E-state index in [0.717, 1.165) is 37.8 Å². The Hall–Kier alpha value is -2.78. The van der Waals surface area contributed by atoms with Crippen molar-refractivity contribution in [2.24, 2.45) is 11.8 Å². The summed E-state index contributed by atoms with van der Waals surface area (Å²) in [7, 11) is 0. The number of thiophene rings is 2. The summed E-state index contributed by atoms with van der Waals surface area (Å²) >= 11 is 7.34. The first-order valence-corrected chi connectivity index (χ1v) is 39.6. The summed E-state index contributed by atoms with van der Waals surface area (Å²) in [6.45, 7) is 28.1. The van der Waals surface area contributed by atoms with E-state index in [-0.39, 0.29) is 22.6 Å². The quantitative estimate of drug-likeness (QED) is 0.0414. The molecule has 5 aliphatic heterocycles. The number of carbonyl (C=O) groups is 2. The van der Waals surface area contributed by atoms with Crippen LogP contribution in [0, 0.1) is 21.6 Å². The van der Waals surface area contributed by atoms with Gasteiger partial charge in [-0.05, 0) is 52.7 Å². The number of carbonyl (C=O) groups excluding carboxylic acids is 2. The highest BCUT2D eigenvalue weighted by atomic mass is 32.1. The Morgan fingerprint density at radius 1 is 0.488 bits per heavy atom. The number of allylic oxidation sites excluding steroid dienone is 1. The molecule has 4 nitrogen and oxygen atoms in total. The number of amides is 1. The highest BCUT2D eigenvalue weighted by Gasteiger charge is 2.47. The third-order valence-corrected chi connectivity index (χ3v) is 24.8. The van der Waals surface area contributed by atoms with Gasteiger partial charge in [-0.3, -0.25) is 19.1 Å². The Morgan fingerprint density at radius 3 is 1.34 bits per heavy atom. The van der Waals surface area contributed by atoms with Crippen molar-refractivity contribution in [2.45, 2.75) is 350 Å². The second kappa shape index (κ2) is 36.3. The molecule has 0 fully saturated rings. The highest BCUT2D eigenvalue weighted by Crippen LogP contribution is 2.54. The smallest absolute Gasteiger partial charge is 0.265 e. The molecule has 480 valence electrons. The molecule has 2 unspecified atom stereocenters. The summed E-state index contributed by atoms with van der Waals surface area (Å²) in [4.78, 5) is 37.5. The second-order valence-corrected chi connectivity index (χ2v) is 33.3. The molecule has 0 aliphatic carbocycles. The van der Waals surface area contributed by atoms with Gasteiger partial charge in [-0.1, -0.05) is 333 Å². The van der Waals surface area contributed by atoms with Gasteiger partial charge in [-0.15, -0.1) is 45.3 Å². The summed E-state index contributed by atoms with van der Waals surface area (Å²) in [5.41, 5.74) is 5.84. The Labute approximate surface area is 541 Å². The van der Waals surface area contributed by atoms with Crippen LogP contribution in [0.2, 0.25) is 0 Å². The molecule has 0 spiro atoms. The van der Waals surface area contributed by atoms with Crippen molar-refractivity contribution in [3.05, 3.63) is 74.8 Å². The fourth-order valence-corrected chi connectivity index (χ4v) is 19.5. The number of hydrogen-bond donors (Lipinski definition) is 0. The van der Waals surface area contributed by atoms with E-state index in [0.29, 0.717) is 23.0 Å². The van der Waals surface area contributed by atoms with Crippen molar-refractivity contribution >= 4 is 90.0 Å². The summed E-state index contributed by atoms with van der Waals surface area (Å²) in [5.74, 6) is 1.01. The minimum Gasteiger partial charge on any atom is -0.281 e. The molecule has 0 aromatic carbocycles. The summed E-state index contributed by atoms with van der Waals surface area (Å²) in [5, 5.41) is 4.30. The van der Waals surface area contributed by atoms with Gasteiger partial charge < -0.3 is 0 Å². The van der Waals surface area contributed by atoms with E-state index in [4.69, 9.17) is 6.58 Å². The maximum Gasteiger partial charge on any atom is 0.265 e. The number of fused-ring (bicyclic) bond motifs is 8. The zero-order chi connectivity index (χ0) is 61.5. The molecular weight excluding hydrogens is 1130 g/mol. The molecule has 7 heterocycles. The largest absolute Gasteiger partial charge is 0.281 e. The van der Waals surface area contributed by atoms with Gasteiger partial charge in [0.15, 0.2) is 0 Å². The van der Waals surface area contributed by atoms with Gasteiger partial charge in [-0.25, -0.2) is 0 Å². The van der Waals surface area contributed by atoms with E-state index >= 15 is 9.59 Å². The van der Waals surface area contributed by atoms with Crippen LogP contribution in [-0.4, -0.2) is 21.3 Å². The van der Waals surface area contributed by atoms with Crippen LogP contribution in [0.25, 0.3) is 32.8 Å². The molecule has 2 aromatic heterocycles. The van der Waals surface area contributed by atoms with Crippen molar-refractivity contribution in [3.8, 4) is 0 Å². The standard InChI is InChI=1S/C78H122N2O2S4/c1-12-16-20-24-28-32-34-38-42-45-49-59(48-44-40-36-30-26-22-18-14-3)52-61-55-79-70(73-66(61)58(5)84-65(57-83-73)78(9,10)11)68-69(76(79)82)71-74-67(72-63(85-74)54-64(86-72)77(6,7)8)62(56-80(71)75(68)81)53-60(50-46-41-37-31-27-23-19-15-4)51-47-43-39-35-33-29-25-21-17-13-2/h54-57,59-60H,5,12-53H2,1-4,6-11H3. The Kier molecular flexibility index (Phi) is 29.8. The predicted molar refractivity (Wildman–Crippen MR) is 383 cm³/mol. The highest BCUT2D eigenvalue weighted by molar-refractivity contribution is 7.29. The summed E-state index contributed by atoms with van der Waals surface area (Å²) < 4.78 is 6.69.